The van der Waals surface area contributed by atoms with Crippen LogP contribution in [-0.4, -0.2) is 15.0 Å². The summed E-state index contributed by atoms with van der Waals surface area (Å²) in [6.07, 6.45) is 0. The van der Waals surface area contributed by atoms with E-state index in [1.807, 2.05) is 103 Å². The molecular formula is C40H22N4O2. The van der Waals surface area contributed by atoms with Crippen molar-refractivity contribution in [3.8, 4) is 51.4 Å². The van der Waals surface area contributed by atoms with Crippen LogP contribution in [0.5, 0.6) is 0 Å². The first kappa shape index (κ1) is 25.9. The van der Waals surface area contributed by atoms with Crippen molar-refractivity contribution in [2.24, 2.45) is 0 Å². The van der Waals surface area contributed by atoms with Gasteiger partial charge in [-0.1, -0.05) is 91.0 Å². The number of aromatic nitrogens is 3. The second-order valence-electron chi connectivity index (χ2n) is 11.1. The smallest absolute Gasteiger partial charge is 0.167 e. The van der Waals surface area contributed by atoms with Gasteiger partial charge in [0, 0.05) is 32.7 Å². The first-order valence-electron chi connectivity index (χ1n) is 14.9. The number of nitriles is 1. The van der Waals surface area contributed by atoms with E-state index in [0.717, 1.165) is 60.5 Å². The molecule has 6 heteroatoms. The van der Waals surface area contributed by atoms with Gasteiger partial charge in [0.1, 0.15) is 22.3 Å². The Bertz CT molecular complexity index is 2650. The molecule has 9 aromatic rings. The highest BCUT2D eigenvalue weighted by atomic mass is 16.3. The van der Waals surface area contributed by atoms with Gasteiger partial charge in [0.15, 0.2) is 17.5 Å². The molecule has 0 aliphatic heterocycles. The second-order valence-corrected chi connectivity index (χ2v) is 11.1. The quantitative estimate of drug-likeness (QED) is 0.203. The maximum Gasteiger partial charge on any atom is 0.167 e. The topological polar surface area (TPSA) is 88.7 Å². The van der Waals surface area contributed by atoms with Gasteiger partial charge in [-0.3, -0.25) is 0 Å². The molecule has 6 nitrogen and oxygen atoms in total. The second kappa shape index (κ2) is 10.3. The van der Waals surface area contributed by atoms with Crippen molar-refractivity contribution in [2.45, 2.75) is 0 Å². The lowest BCUT2D eigenvalue weighted by Crippen LogP contribution is -2.00. The minimum absolute atomic E-state index is 0.491. The number of para-hydroxylation sites is 1. The third-order valence-corrected chi connectivity index (χ3v) is 8.37. The van der Waals surface area contributed by atoms with Crippen molar-refractivity contribution >= 4 is 43.9 Å². The molecule has 0 unspecified atom stereocenters. The van der Waals surface area contributed by atoms with E-state index in [1.165, 1.54) is 0 Å². The molecule has 0 N–H and O–H groups in total. The molecule has 46 heavy (non-hydrogen) atoms. The van der Waals surface area contributed by atoms with Crippen LogP contribution in [0.15, 0.2) is 142 Å². The Morgan fingerprint density at radius 2 is 1.17 bits per heavy atom. The van der Waals surface area contributed by atoms with Gasteiger partial charge in [0.05, 0.1) is 17.2 Å². The molecule has 0 fully saturated rings. The molecule has 0 saturated heterocycles. The molecule has 6 aromatic carbocycles. The lowest BCUT2D eigenvalue weighted by Gasteiger charge is -2.09. The summed E-state index contributed by atoms with van der Waals surface area (Å²) in [5.41, 5.74) is 8.20. The number of nitrogens with zero attached hydrogens (tertiary/aromatic N) is 4. The van der Waals surface area contributed by atoms with Gasteiger partial charge in [-0.2, -0.15) is 5.26 Å². The van der Waals surface area contributed by atoms with Crippen LogP contribution >= 0.6 is 0 Å². The van der Waals surface area contributed by atoms with Crippen molar-refractivity contribution in [2.75, 3.05) is 0 Å². The third-order valence-electron chi connectivity index (χ3n) is 8.37. The molecule has 3 aromatic heterocycles. The van der Waals surface area contributed by atoms with Crippen LogP contribution in [0, 0.1) is 11.3 Å². The van der Waals surface area contributed by atoms with Crippen LogP contribution in [0.4, 0.5) is 0 Å². The molecule has 0 bridgehead atoms. The van der Waals surface area contributed by atoms with Gasteiger partial charge in [0.2, 0.25) is 0 Å². The fourth-order valence-electron chi connectivity index (χ4n) is 6.21. The van der Waals surface area contributed by atoms with Crippen LogP contribution in [-0.2, 0) is 0 Å². The first-order chi connectivity index (χ1) is 22.7. The Morgan fingerprint density at radius 3 is 1.98 bits per heavy atom. The Hall–Kier alpha value is -6.58. The molecule has 3 heterocycles. The minimum atomic E-state index is 0.491. The highest BCUT2D eigenvalue weighted by molar-refractivity contribution is 6.13. The third kappa shape index (κ3) is 4.15. The number of benzene rings is 6. The van der Waals surface area contributed by atoms with Crippen molar-refractivity contribution in [3.05, 3.63) is 139 Å². The van der Waals surface area contributed by atoms with Gasteiger partial charge in [-0.15, -0.1) is 0 Å². The zero-order chi connectivity index (χ0) is 30.6. The zero-order valence-electron chi connectivity index (χ0n) is 24.3. The summed E-state index contributed by atoms with van der Waals surface area (Å²) in [6, 6.07) is 46.1. The van der Waals surface area contributed by atoms with Gasteiger partial charge in [-0.25, -0.2) is 15.0 Å². The summed E-state index contributed by atoms with van der Waals surface area (Å²) in [5, 5.41) is 13.3. The van der Waals surface area contributed by atoms with Gasteiger partial charge in [0.25, 0.3) is 0 Å². The molecule has 214 valence electrons. The van der Waals surface area contributed by atoms with Crippen molar-refractivity contribution in [1.29, 1.82) is 5.26 Å². The molecule has 0 saturated carbocycles. The number of fused-ring (bicyclic) bond motifs is 6. The van der Waals surface area contributed by atoms with E-state index in [4.69, 9.17) is 23.8 Å². The molecular weight excluding hydrogens is 568 g/mol. The fraction of sp³-hybridized carbons (Fsp3) is 0. The van der Waals surface area contributed by atoms with E-state index in [2.05, 4.69) is 30.3 Å². The van der Waals surface area contributed by atoms with Crippen molar-refractivity contribution < 1.29 is 8.83 Å². The summed E-state index contributed by atoms with van der Waals surface area (Å²) in [7, 11) is 0. The predicted molar refractivity (Wildman–Crippen MR) is 181 cm³/mol. The molecule has 0 aliphatic rings. The molecule has 0 radical (unpaired) electrons. The van der Waals surface area contributed by atoms with E-state index in [1.54, 1.807) is 6.07 Å². The zero-order valence-corrected chi connectivity index (χ0v) is 24.3. The first-order valence-corrected chi connectivity index (χ1v) is 14.9. The SMILES string of the molecule is N#Cc1ccc2oc3c(-c4nc(-c5ccccc5)nc(-c5ccc6c(c5)oc5cccc(-c7ccccc7)c56)n4)cccc3c2c1. The van der Waals surface area contributed by atoms with Crippen LogP contribution in [0.25, 0.3) is 89.2 Å². The highest BCUT2D eigenvalue weighted by Crippen LogP contribution is 2.39. The summed E-state index contributed by atoms with van der Waals surface area (Å²) < 4.78 is 12.8. The minimum Gasteiger partial charge on any atom is -0.456 e. The van der Waals surface area contributed by atoms with Crippen molar-refractivity contribution in [3.63, 3.8) is 0 Å². The van der Waals surface area contributed by atoms with Gasteiger partial charge >= 0.3 is 0 Å². The van der Waals surface area contributed by atoms with Crippen LogP contribution < -0.4 is 0 Å². The summed E-state index contributed by atoms with van der Waals surface area (Å²) in [6.45, 7) is 0. The van der Waals surface area contributed by atoms with Gasteiger partial charge in [-0.05, 0) is 53.6 Å². The fourth-order valence-corrected chi connectivity index (χ4v) is 6.21. The average molecular weight is 591 g/mol. The van der Waals surface area contributed by atoms with Crippen LogP contribution in [0.2, 0.25) is 0 Å². The summed E-state index contributed by atoms with van der Waals surface area (Å²) in [5.74, 6) is 1.57. The number of rotatable bonds is 4. The number of hydrogen-bond donors (Lipinski definition) is 0. The Labute approximate surface area is 262 Å². The number of furan rings is 2. The number of hydrogen-bond acceptors (Lipinski definition) is 6. The highest BCUT2D eigenvalue weighted by Gasteiger charge is 2.19. The maximum absolute atomic E-state index is 9.48. The largest absolute Gasteiger partial charge is 0.456 e. The summed E-state index contributed by atoms with van der Waals surface area (Å²) >= 11 is 0. The Morgan fingerprint density at radius 1 is 0.457 bits per heavy atom. The lowest BCUT2D eigenvalue weighted by molar-refractivity contribution is 0.668. The predicted octanol–water partition coefficient (Wildman–Crippen LogP) is 10.2. The van der Waals surface area contributed by atoms with Crippen molar-refractivity contribution in [1.82, 2.24) is 15.0 Å². The van der Waals surface area contributed by atoms with E-state index in [-0.39, 0.29) is 0 Å². The van der Waals surface area contributed by atoms with Gasteiger partial charge < -0.3 is 8.83 Å². The van der Waals surface area contributed by atoms with E-state index < -0.39 is 0 Å². The van der Waals surface area contributed by atoms with E-state index in [9.17, 15) is 5.26 Å². The lowest BCUT2D eigenvalue weighted by atomic mass is 9.99. The van der Waals surface area contributed by atoms with E-state index >= 15 is 0 Å². The molecule has 9 rings (SSSR count). The standard InChI is InChI=1S/C40H22N4O2/c41-23-24-17-20-33-32(21-24)29-14-7-15-31(37(29)46-33)40-43-38(26-11-5-2-6-12-26)42-39(44-40)27-18-19-30-35(22-27)45-34-16-8-13-28(36(30)34)25-9-3-1-4-10-25/h1-22H. The summed E-state index contributed by atoms with van der Waals surface area (Å²) in [4.78, 5) is 14.9. The average Bonchev–Trinajstić information content (AvgIpc) is 3.69. The maximum atomic E-state index is 9.48. The molecule has 0 spiro atoms. The van der Waals surface area contributed by atoms with E-state index in [0.29, 0.717) is 34.2 Å². The van der Waals surface area contributed by atoms with Crippen LogP contribution in [0.3, 0.4) is 0 Å². The molecule has 0 amide bonds. The molecule has 0 atom stereocenters. The normalized spacial score (nSPS) is 11.5. The van der Waals surface area contributed by atoms with Crippen LogP contribution in [0.1, 0.15) is 5.56 Å². The molecule has 0 aliphatic carbocycles. The Kier molecular flexibility index (Phi) is 5.77. The monoisotopic (exact) mass is 590 g/mol. The Balaban J connectivity index is 1.25.